The quantitative estimate of drug-likeness (QED) is 0.580. The molecule has 36 heavy (non-hydrogen) atoms. The number of rotatable bonds is 7. The largest absolute Gasteiger partial charge is 0.448 e. The number of carbonyl (C=O) groups is 2. The molecule has 0 radical (unpaired) electrons. The third-order valence-electron chi connectivity index (χ3n) is 7.62. The molecule has 2 amide bonds. The van der Waals surface area contributed by atoms with Gasteiger partial charge in [-0.2, -0.15) is 0 Å². The summed E-state index contributed by atoms with van der Waals surface area (Å²) < 4.78 is 38.7. The van der Waals surface area contributed by atoms with E-state index in [9.17, 15) is 18.4 Å². The van der Waals surface area contributed by atoms with Gasteiger partial charge < -0.3 is 19.3 Å². The smallest absolute Gasteiger partial charge is 0.410 e. The first-order chi connectivity index (χ1) is 17.4. The third-order valence-corrected chi connectivity index (χ3v) is 7.62. The minimum atomic E-state index is -1.06. The molecule has 2 fully saturated rings. The first-order valence-electron chi connectivity index (χ1n) is 12.5. The summed E-state index contributed by atoms with van der Waals surface area (Å²) in [5.41, 5.74) is 2.65. The van der Waals surface area contributed by atoms with Gasteiger partial charge in [0.1, 0.15) is 12.6 Å². The SMILES string of the molecule is CN(CCCN1CCC2(CC1)OCc1ccccc12)C(=O)C(c1ccc(F)c(F)c1)N1CCOC1=O. The van der Waals surface area contributed by atoms with Crippen LogP contribution in [0.1, 0.15) is 42.0 Å². The number of halogens is 2. The zero-order chi connectivity index (χ0) is 25.3. The number of likely N-dealkylation sites (N-methyl/N-ethyl adjacent to an activating group) is 1. The van der Waals surface area contributed by atoms with Crippen LogP contribution in [0.15, 0.2) is 42.5 Å². The highest BCUT2D eigenvalue weighted by Gasteiger charge is 2.42. The number of cyclic esters (lactones) is 1. The zero-order valence-corrected chi connectivity index (χ0v) is 20.4. The molecule has 9 heteroatoms. The van der Waals surface area contributed by atoms with Crippen LogP contribution in [0, 0.1) is 11.6 Å². The van der Waals surface area contributed by atoms with Crippen LogP contribution in [-0.4, -0.2) is 73.1 Å². The molecule has 3 heterocycles. The maximum Gasteiger partial charge on any atom is 0.410 e. The zero-order valence-electron chi connectivity index (χ0n) is 20.4. The fourth-order valence-corrected chi connectivity index (χ4v) is 5.56. The molecule has 2 saturated heterocycles. The van der Waals surface area contributed by atoms with E-state index in [1.807, 2.05) is 0 Å². The Balaban J connectivity index is 1.17. The summed E-state index contributed by atoms with van der Waals surface area (Å²) in [5, 5.41) is 0. The Morgan fingerprint density at radius 3 is 2.61 bits per heavy atom. The molecule has 192 valence electrons. The van der Waals surface area contributed by atoms with E-state index in [1.165, 1.54) is 22.1 Å². The van der Waals surface area contributed by atoms with Crippen LogP contribution in [0.3, 0.4) is 0 Å². The molecule has 0 aliphatic carbocycles. The van der Waals surface area contributed by atoms with E-state index in [0.29, 0.717) is 13.2 Å². The molecule has 1 atom stereocenters. The summed E-state index contributed by atoms with van der Waals surface area (Å²) in [4.78, 5) is 30.8. The molecular weight excluding hydrogens is 468 g/mol. The van der Waals surface area contributed by atoms with Gasteiger partial charge in [0, 0.05) is 26.7 Å². The Bertz CT molecular complexity index is 1140. The molecule has 0 saturated carbocycles. The minimum Gasteiger partial charge on any atom is -0.448 e. The highest BCUT2D eigenvalue weighted by atomic mass is 19.2. The maximum atomic E-state index is 13.9. The standard InChI is InChI=1S/C27H31F2N3O4/c1-30(25(33)24(32-15-16-35-26(32)34)19-7-8-22(28)23(29)17-19)11-4-12-31-13-9-27(10-14-31)21-6-3-2-5-20(21)18-36-27/h2-3,5-8,17,24H,4,9-16,18H2,1H3. The van der Waals surface area contributed by atoms with Crippen molar-refractivity contribution < 1.29 is 27.8 Å². The summed E-state index contributed by atoms with van der Waals surface area (Å²) in [5.74, 6) is -2.41. The van der Waals surface area contributed by atoms with E-state index < -0.39 is 23.8 Å². The average molecular weight is 500 g/mol. The fraction of sp³-hybridized carbons (Fsp3) is 0.481. The molecule has 7 nitrogen and oxygen atoms in total. The minimum absolute atomic E-state index is 0.153. The first kappa shape index (κ1) is 24.6. The highest BCUT2D eigenvalue weighted by molar-refractivity contribution is 5.87. The van der Waals surface area contributed by atoms with E-state index in [0.717, 1.165) is 51.0 Å². The molecule has 2 aromatic rings. The van der Waals surface area contributed by atoms with E-state index in [2.05, 4.69) is 29.2 Å². The number of hydrogen-bond donors (Lipinski definition) is 0. The molecule has 1 unspecified atom stereocenters. The van der Waals surface area contributed by atoms with Crippen molar-refractivity contribution in [2.45, 2.75) is 37.5 Å². The number of carbonyl (C=O) groups excluding carboxylic acids is 2. The van der Waals surface area contributed by atoms with Gasteiger partial charge in [0.05, 0.1) is 18.8 Å². The lowest BCUT2D eigenvalue weighted by molar-refractivity contribution is -0.134. The Morgan fingerprint density at radius 2 is 1.89 bits per heavy atom. The lowest BCUT2D eigenvalue weighted by Gasteiger charge is -2.39. The summed E-state index contributed by atoms with van der Waals surface area (Å²) in [7, 11) is 1.67. The van der Waals surface area contributed by atoms with E-state index in [1.54, 1.807) is 11.9 Å². The summed E-state index contributed by atoms with van der Waals surface area (Å²) in [6, 6.07) is 10.7. The van der Waals surface area contributed by atoms with Crippen LogP contribution in [0.5, 0.6) is 0 Å². The number of likely N-dealkylation sites (tertiary alicyclic amines) is 1. The van der Waals surface area contributed by atoms with Crippen molar-refractivity contribution in [1.29, 1.82) is 0 Å². The number of fused-ring (bicyclic) bond motifs is 2. The van der Waals surface area contributed by atoms with Crippen LogP contribution in [0.25, 0.3) is 0 Å². The summed E-state index contributed by atoms with van der Waals surface area (Å²) in [6.07, 6.45) is 1.99. The van der Waals surface area contributed by atoms with Crippen LogP contribution < -0.4 is 0 Å². The molecule has 1 spiro atoms. The van der Waals surface area contributed by atoms with Gasteiger partial charge in [-0.1, -0.05) is 30.3 Å². The van der Waals surface area contributed by atoms with Gasteiger partial charge in [-0.05, 0) is 54.6 Å². The Hall–Kier alpha value is -3.04. The van der Waals surface area contributed by atoms with Gasteiger partial charge in [-0.25, -0.2) is 13.6 Å². The van der Waals surface area contributed by atoms with Crippen LogP contribution >= 0.6 is 0 Å². The normalized spacial score (nSPS) is 19.9. The number of nitrogens with zero attached hydrogens (tertiary/aromatic N) is 3. The van der Waals surface area contributed by atoms with Gasteiger partial charge in [0.15, 0.2) is 11.6 Å². The highest BCUT2D eigenvalue weighted by Crippen LogP contribution is 2.43. The lowest BCUT2D eigenvalue weighted by Crippen LogP contribution is -2.44. The van der Waals surface area contributed by atoms with Crippen LogP contribution in [0.2, 0.25) is 0 Å². The summed E-state index contributed by atoms with van der Waals surface area (Å²) in [6.45, 7) is 4.18. The number of amides is 2. The second-order valence-corrected chi connectivity index (χ2v) is 9.78. The monoisotopic (exact) mass is 499 g/mol. The maximum absolute atomic E-state index is 13.9. The van der Waals surface area contributed by atoms with Crippen molar-refractivity contribution in [3.05, 3.63) is 70.8 Å². The summed E-state index contributed by atoms with van der Waals surface area (Å²) >= 11 is 0. The molecule has 0 N–H and O–H groups in total. The molecule has 0 aromatic heterocycles. The fourth-order valence-electron chi connectivity index (χ4n) is 5.56. The van der Waals surface area contributed by atoms with Gasteiger partial charge in [-0.3, -0.25) is 9.69 Å². The van der Waals surface area contributed by atoms with E-state index in [4.69, 9.17) is 9.47 Å². The predicted molar refractivity (Wildman–Crippen MR) is 128 cm³/mol. The topological polar surface area (TPSA) is 62.3 Å². The van der Waals surface area contributed by atoms with Crippen molar-refractivity contribution in [2.24, 2.45) is 0 Å². The van der Waals surface area contributed by atoms with Crippen molar-refractivity contribution in [2.75, 3.05) is 46.4 Å². The number of piperidine rings is 1. The Morgan fingerprint density at radius 1 is 1.11 bits per heavy atom. The van der Waals surface area contributed by atoms with Gasteiger partial charge >= 0.3 is 6.09 Å². The van der Waals surface area contributed by atoms with Gasteiger partial charge in [0.2, 0.25) is 5.91 Å². The second-order valence-electron chi connectivity index (χ2n) is 9.78. The van der Waals surface area contributed by atoms with Crippen molar-refractivity contribution in [3.63, 3.8) is 0 Å². The number of hydrogen-bond acceptors (Lipinski definition) is 5. The molecule has 2 aromatic carbocycles. The number of ether oxygens (including phenoxy) is 2. The molecular formula is C27H31F2N3O4. The van der Waals surface area contributed by atoms with Crippen LogP contribution in [0.4, 0.5) is 13.6 Å². The van der Waals surface area contributed by atoms with Gasteiger partial charge in [0.25, 0.3) is 0 Å². The lowest BCUT2D eigenvalue weighted by atomic mass is 9.84. The average Bonchev–Trinajstić information content (AvgIpc) is 3.46. The molecule has 3 aliphatic rings. The number of benzene rings is 2. The molecule has 5 rings (SSSR count). The Kier molecular flexibility index (Phi) is 6.94. The van der Waals surface area contributed by atoms with Crippen molar-refractivity contribution in [1.82, 2.24) is 14.7 Å². The second kappa shape index (κ2) is 10.1. The van der Waals surface area contributed by atoms with Crippen molar-refractivity contribution >= 4 is 12.0 Å². The van der Waals surface area contributed by atoms with Gasteiger partial charge in [-0.15, -0.1) is 0 Å². The molecule has 0 bridgehead atoms. The van der Waals surface area contributed by atoms with Crippen molar-refractivity contribution in [3.8, 4) is 0 Å². The third kappa shape index (κ3) is 4.69. The van der Waals surface area contributed by atoms with E-state index >= 15 is 0 Å². The van der Waals surface area contributed by atoms with Crippen LogP contribution in [-0.2, 0) is 26.5 Å². The first-order valence-corrected chi connectivity index (χ1v) is 12.5. The molecule has 3 aliphatic heterocycles. The Labute approximate surface area is 209 Å². The predicted octanol–water partition coefficient (Wildman–Crippen LogP) is 3.83. The van der Waals surface area contributed by atoms with E-state index in [-0.39, 0.29) is 30.2 Å².